The number of anilines is 1. The van der Waals surface area contributed by atoms with E-state index in [0.717, 1.165) is 5.69 Å². The van der Waals surface area contributed by atoms with Crippen LogP contribution in [0.5, 0.6) is 0 Å². The summed E-state index contributed by atoms with van der Waals surface area (Å²) in [6.45, 7) is 0.370. The maximum atomic E-state index is 11.8. The predicted octanol–water partition coefficient (Wildman–Crippen LogP) is 0.182. The molecule has 7 heteroatoms. The van der Waals surface area contributed by atoms with E-state index in [-0.39, 0.29) is 11.6 Å². The molecule has 94 valence electrons. The quantitative estimate of drug-likeness (QED) is 0.804. The smallest absolute Gasteiger partial charge is 0.271 e. The first kappa shape index (κ1) is 12.0. The van der Waals surface area contributed by atoms with Crippen LogP contribution in [0.4, 0.5) is 5.82 Å². The van der Waals surface area contributed by atoms with Crippen molar-refractivity contribution in [3.63, 3.8) is 0 Å². The highest BCUT2D eigenvalue weighted by atomic mass is 16.1. The van der Waals surface area contributed by atoms with Crippen molar-refractivity contribution in [1.29, 1.82) is 0 Å². The Morgan fingerprint density at radius 1 is 1.39 bits per heavy atom. The Morgan fingerprint density at radius 3 is 2.78 bits per heavy atom. The minimum atomic E-state index is -0.268. The molecule has 2 N–H and O–H groups in total. The Labute approximate surface area is 104 Å². The van der Waals surface area contributed by atoms with Gasteiger partial charge in [-0.1, -0.05) is 0 Å². The maximum Gasteiger partial charge on any atom is 0.271 e. The molecule has 0 aromatic carbocycles. The number of aromatic nitrogens is 4. The monoisotopic (exact) mass is 246 g/mol. The molecule has 0 saturated heterocycles. The predicted molar refractivity (Wildman–Crippen MR) is 66.0 cm³/mol. The molecule has 2 aromatic heterocycles. The highest BCUT2D eigenvalue weighted by Crippen LogP contribution is 2.00. The van der Waals surface area contributed by atoms with Gasteiger partial charge >= 0.3 is 0 Å². The first-order valence-corrected chi connectivity index (χ1v) is 5.45. The summed E-state index contributed by atoms with van der Waals surface area (Å²) in [5, 5.41) is 9.72. The number of carbonyl (C=O) groups excluding carboxylic acids is 1. The minimum absolute atomic E-state index is 0.268. The first-order valence-electron chi connectivity index (χ1n) is 5.45. The van der Waals surface area contributed by atoms with Gasteiger partial charge in [-0.25, -0.2) is 9.97 Å². The number of rotatable bonds is 4. The number of hydrogen-bond acceptors (Lipinski definition) is 5. The molecule has 0 saturated carbocycles. The van der Waals surface area contributed by atoms with Gasteiger partial charge in [0.15, 0.2) is 0 Å². The third-order valence-corrected chi connectivity index (χ3v) is 2.34. The van der Waals surface area contributed by atoms with Gasteiger partial charge in [0.25, 0.3) is 5.91 Å². The van der Waals surface area contributed by atoms with Crippen molar-refractivity contribution in [1.82, 2.24) is 25.1 Å². The van der Waals surface area contributed by atoms with Crippen molar-refractivity contribution >= 4 is 11.7 Å². The molecule has 0 atom stereocenters. The summed E-state index contributed by atoms with van der Waals surface area (Å²) in [7, 11) is 3.57. The molecule has 2 heterocycles. The van der Waals surface area contributed by atoms with Gasteiger partial charge in [0.05, 0.1) is 24.6 Å². The topological polar surface area (TPSA) is 84.7 Å². The van der Waals surface area contributed by atoms with Crippen molar-refractivity contribution in [2.75, 3.05) is 12.4 Å². The molecule has 7 nitrogen and oxygen atoms in total. The molecular formula is C11H14N6O. The van der Waals surface area contributed by atoms with E-state index in [0.29, 0.717) is 12.4 Å². The van der Waals surface area contributed by atoms with Gasteiger partial charge in [-0.3, -0.25) is 9.48 Å². The number of aryl methyl sites for hydroxylation is 1. The molecule has 2 aromatic rings. The second kappa shape index (κ2) is 5.26. The largest absolute Gasteiger partial charge is 0.372 e. The van der Waals surface area contributed by atoms with E-state index in [2.05, 4.69) is 25.7 Å². The molecule has 0 spiro atoms. The third-order valence-electron chi connectivity index (χ3n) is 2.34. The van der Waals surface area contributed by atoms with E-state index >= 15 is 0 Å². The Morgan fingerprint density at radius 2 is 2.22 bits per heavy atom. The lowest BCUT2D eigenvalue weighted by molar-refractivity contribution is 0.0945. The fourth-order valence-corrected chi connectivity index (χ4v) is 1.39. The van der Waals surface area contributed by atoms with E-state index in [9.17, 15) is 4.79 Å². The van der Waals surface area contributed by atoms with E-state index in [1.54, 1.807) is 11.7 Å². The minimum Gasteiger partial charge on any atom is -0.372 e. The van der Waals surface area contributed by atoms with Crippen LogP contribution in [0, 0.1) is 0 Å². The molecule has 2 rings (SSSR count). The van der Waals surface area contributed by atoms with Crippen LogP contribution in [-0.4, -0.2) is 32.7 Å². The van der Waals surface area contributed by atoms with Crippen molar-refractivity contribution in [3.8, 4) is 0 Å². The van der Waals surface area contributed by atoms with Crippen molar-refractivity contribution in [2.24, 2.45) is 7.05 Å². The van der Waals surface area contributed by atoms with Gasteiger partial charge < -0.3 is 10.6 Å². The zero-order valence-corrected chi connectivity index (χ0v) is 10.2. The fourth-order valence-electron chi connectivity index (χ4n) is 1.39. The average molecular weight is 246 g/mol. The lowest BCUT2D eigenvalue weighted by Gasteiger charge is -2.03. The van der Waals surface area contributed by atoms with Crippen molar-refractivity contribution < 1.29 is 4.79 Å². The van der Waals surface area contributed by atoms with Crippen LogP contribution in [-0.2, 0) is 13.6 Å². The van der Waals surface area contributed by atoms with Gasteiger partial charge in [0.2, 0.25) is 0 Å². The zero-order chi connectivity index (χ0) is 13.0. The van der Waals surface area contributed by atoms with Gasteiger partial charge in [-0.05, 0) is 6.07 Å². The molecule has 0 unspecified atom stereocenters. The molecular weight excluding hydrogens is 232 g/mol. The lowest BCUT2D eigenvalue weighted by atomic mass is 10.4. The summed E-state index contributed by atoms with van der Waals surface area (Å²) in [5.74, 6) is 0.354. The van der Waals surface area contributed by atoms with E-state index < -0.39 is 0 Å². The Balaban J connectivity index is 1.94. The number of carbonyl (C=O) groups is 1. The molecule has 0 bridgehead atoms. The van der Waals surface area contributed by atoms with Gasteiger partial charge in [-0.2, -0.15) is 5.10 Å². The molecule has 1 amide bonds. The van der Waals surface area contributed by atoms with Gasteiger partial charge in [-0.15, -0.1) is 0 Å². The van der Waals surface area contributed by atoms with Gasteiger partial charge in [0.1, 0.15) is 11.5 Å². The summed E-state index contributed by atoms with van der Waals surface area (Å²) in [5.41, 5.74) is 1.08. The van der Waals surface area contributed by atoms with E-state index in [4.69, 9.17) is 0 Å². The maximum absolute atomic E-state index is 11.8. The molecule has 0 aliphatic rings. The second-order valence-corrected chi connectivity index (χ2v) is 3.70. The number of hydrogen-bond donors (Lipinski definition) is 2. The zero-order valence-electron chi connectivity index (χ0n) is 10.2. The van der Waals surface area contributed by atoms with Crippen LogP contribution in [0.25, 0.3) is 0 Å². The normalized spacial score (nSPS) is 10.1. The second-order valence-electron chi connectivity index (χ2n) is 3.70. The fraction of sp³-hybridized carbons (Fsp3) is 0.273. The van der Waals surface area contributed by atoms with Crippen LogP contribution >= 0.6 is 0 Å². The van der Waals surface area contributed by atoms with Crippen LogP contribution < -0.4 is 10.6 Å². The van der Waals surface area contributed by atoms with Crippen LogP contribution in [0.1, 0.15) is 16.2 Å². The Hall–Kier alpha value is -2.44. The highest BCUT2D eigenvalue weighted by molar-refractivity contribution is 5.91. The van der Waals surface area contributed by atoms with E-state index in [1.807, 2.05) is 19.3 Å². The lowest BCUT2D eigenvalue weighted by Crippen LogP contribution is -2.24. The first-order chi connectivity index (χ1) is 8.69. The SMILES string of the molecule is CNc1cnc(C(=O)NCc2ccn(C)n2)cn1. The average Bonchev–Trinajstić information content (AvgIpc) is 2.82. The summed E-state index contributed by atoms with van der Waals surface area (Å²) in [4.78, 5) is 19.8. The molecule has 0 aliphatic heterocycles. The molecule has 0 fully saturated rings. The summed E-state index contributed by atoms with van der Waals surface area (Å²) in [6, 6.07) is 1.84. The number of amides is 1. The summed E-state index contributed by atoms with van der Waals surface area (Å²) in [6.07, 6.45) is 4.76. The molecule has 0 aliphatic carbocycles. The third kappa shape index (κ3) is 2.82. The van der Waals surface area contributed by atoms with Crippen molar-refractivity contribution in [3.05, 3.63) is 36.0 Å². The van der Waals surface area contributed by atoms with E-state index in [1.165, 1.54) is 12.4 Å². The summed E-state index contributed by atoms with van der Waals surface area (Å²) < 4.78 is 1.68. The highest BCUT2D eigenvalue weighted by Gasteiger charge is 2.08. The molecule has 0 radical (unpaired) electrons. The number of nitrogens with one attached hydrogen (secondary N) is 2. The van der Waals surface area contributed by atoms with Crippen LogP contribution in [0.2, 0.25) is 0 Å². The standard InChI is InChI=1S/C11H14N6O/c1-12-10-7-13-9(6-14-10)11(18)15-5-8-3-4-17(2)16-8/h3-4,6-7H,5H2,1-2H3,(H,12,14)(H,15,18). The Bertz CT molecular complexity index is 533. The van der Waals surface area contributed by atoms with Crippen LogP contribution in [0.15, 0.2) is 24.7 Å². The summed E-state index contributed by atoms with van der Waals surface area (Å²) >= 11 is 0. The Kier molecular flexibility index (Phi) is 3.52. The van der Waals surface area contributed by atoms with Crippen LogP contribution in [0.3, 0.4) is 0 Å². The van der Waals surface area contributed by atoms with Crippen molar-refractivity contribution in [2.45, 2.75) is 6.54 Å². The molecule has 18 heavy (non-hydrogen) atoms. The number of nitrogens with zero attached hydrogens (tertiary/aromatic N) is 4. The van der Waals surface area contributed by atoms with Gasteiger partial charge in [0, 0.05) is 20.3 Å².